The van der Waals surface area contributed by atoms with Crippen LogP contribution in [0, 0.1) is 11.2 Å². The summed E-state index contributed by atoms with van der Waals surface area (Å²) in [6, 6.07) is 17.1. The van der Waals surface area contributed by atoms with E-state index < -0.39 is 5.82 Å². The van der Waals surface area contributed by atoms with Crippen LogP contribution in [0.3, 0.4) is 0 Å². The molecule has 4 heteroatoms. The molecule has 2 saturated heterocycles. The van der Waals surface area contributed by atoms with Crippen LogP contribution in [0.1, 0.15) is 41.1 Å². The summed E-state index contributed by atoms with van der Waals surface area (Å²) in [5, 5.41) is 0. The molecule has 0 N–H and O–H groups in total. The minimum Gasteiger partial charge on any atom is -0.339 e. The van der Waals surface area contributed by atoms with Gasteiger partial charge in [-0.2, -0.15) is 0 Å². The number of carbonyl (C=O) groups excluding carboxylic acids is 1. The Morgan fingerprint density at radius 1 is 1.04 bits per heavy atom. The van der Waals surface area contributed by atoms with Gasteiger partial charge in [-0.1, -0.05) is 42.5 Å². The number of carbonyl (C=O) groups is 1. The Kier molecular flexibility index (Phi) is 5.00. The summed E-state index contributed by atoms with van der Waals surface area (Å²) in [5.41, 5.74) is 1.85. The van der Waals surface area contributed by atoms with E-state index in [-0.39, 0.29) is 16.9 Å². The van der Waals surface area contributed by atoms with E-state index in [9.17, 15) is 9.18 Å². The number of hydrogen-bond acceptors (Lipinski definition) is 2. The smallest absolute Gasteiger partial charge is 0.256 e. The van der Waals surface area contributed by atoms with Crippen LogP contribution < -0.4 is 0 Å². The van der Waals surface area contributed by atoms with Crippen molar-refractivity contribution in [2.24, 2.45) is 5.41 Å². The quantitative estimate of drug-likeness (QED) is 0.796. The van der Waals surface area contributed by atoms with Crippen LogP contribution in [-0.4, -0.2) is 48.9 Å². The van der Waals surface area contributed by atoms with E-state index in [0.717, 1.165) is 25.9 Å². The monoisotopic (exact) mass is 366 g/mol. The van der Waals surface area contributed by atoms with Crippen LogP contribution >= 0.6 is 0 Å². The maximum atomic E-state index is 14.0. The van der Waals surface area contributed by atoms with Gasteiger partial charge in [0.2, 0.25) is 0 Å². The molecule has 0 aliphatic carbocycles. The molecule has 0 saturated carbocycles. The van der Waals surface area contributed by atoms with E-state index in [2.05, 4.69) is 42.3 Å². The lowest BCUT2D eigenvalue weighted by molar-refractivity contribution is 0.0222. The summed E-state index contributed by atoms with van der Waals surface area (Å²) in [4.78, 5) is 17.0. The van der Waals surface area contributed by atoms with Gasteiger partial charge in [0.15, 0.2) is 0 Å². The summed E-state index contributed by atoms with van der Waals surface area (Å²) in [6.07, 6.45) is 3.14. The summed E-state index contributed by atoms with van der Waals surface area (Å²) < 4.78 is 14.0. The van der Waals surface area contributed by atoms with Gasteiger partial charge >= 0.3 is 0 Å². The van der Waals surface area contributed by atoms with Gasteiger partial charge in [0.25, 0.3) is 5.91 Å². The molecule has 2 aromatic rings. The zero-order valence-electron chi connectivity index (χ0n) is 15.9. The highest BCUT2D eigenvalue weighted by atomic mass is 19.1. The van der Waals surface area contributed by atoms with Crippen LogP contribution in [0.5, 0.6) is 0 Å². The molecule has 2 aliphatic heterocycles. The minimum atomic E-state index is -0.427. The molecule has 1 amide bonds. The largest absolute Gasteiger partial charge is 0.339 e. The van der Waals surface area contributed by atoms with Crippen LogP contribution in [0.25, 0.3) is 0 Å². The van der Waals surface area contributed by atoms with E-state index in [1.54, 1.807) is 18.2 Å². The molecule has 4 rings (SSSR count). The molecule has 27 heavy (non-hydrogen) atoms. The summed E-state index contributed by atoms with van der Waals surface area (Å²) in [7, 11) is 2.20. The summed E-state index contributed by atoms with van der Waals surface area (Å²) in [5.74, 6) is -0.0604. The van der Waals surface area contributed by atoms with E-state index in [0.29, 0.717) is 19.0 Å². The van der Waals surface area contributed by atoms with Crippen molar-refractivity contribution in [2.45, 2.75) is 25.2 Å². The lowest BCUT2D eigenvalue weighted by Gasteiger charge is -2.49. The topological polar surface area (TPSA) is 23.6 Å². The Hall–Kier alpha value is -2.20. The van der Waals surface area contributed by atoms with Crippen LogP contribution in [-0.2, 0) is 0 Å². The molecule has 0 unspecified atom stereocenters. The molecule has 2 aromatic carbocycles. The number of halogens is 1. The average Bonchev–Trinajstić information content (AvgIpc) is 2.68. The van der Waals surface area contributed by atoms with Crippen molar-refractivity contribution >= 4 is 5.91 Å². The first-order chi connectivity index (χ1) is 13.1. The summed E-state index contributed by atoms with van der Waals surface area (Å²) >= 11 is 0. The van der Waals surface area contributed by atoms with Gasteiger partial charge < -0.3 is 9.80 Å². The molecule has 0 bridgehead atoms. The Balaban J connectivity index is 1.46. The predicted molar refractivity (Wildman–Crippen MR) is 105 cm³/mol. The maximum Gasteiger partial charge on any atom is 0.256 e. The molecule has 142 valence electrons. The average molecular weight is 366 g/mol. The molecule has 0 aromatic heterocycles. The van der Waals surface area contributed by atoms with Crippen molar-refractivity contribution in [3.05, 3.63) is 71.5 Å². The van der Waals surface area contributed by atoms with Gasteiger partial charge in [-0.15, -0.1) is 0 Å². The lowest BCUT2D eigenvalue weighted by atomic mass is 9.68. The van der Waals surface area contributed by atoms with Crippen molar-refractivity contribution in [3.63, 3.8) is 0 Å². The second-order valence-corrected chi connectivity index (χ2v) is 8.28. The number of amides is 1. The third-order valence-corrected chi connectivity index (χ3v) is 6.30. The van der Waals surface area contributed by atoms with Gasteiger partial charge in [-0.25, -0.2) is 4.39 Å². The fraction of sp³-hybridized carbons (Fsp3) is 0.435. The lowest BCUT2D eigenvalue weighted by Crippen LogP contribution is -2.51. The van der Waals surface area contributed by atoms with Gasteiger partial charge in [0, 0.05) is 26.2 Å². The first-order valence-corrected chi connectivity index (χ1v) is 9.84. The number of nitrogens with zero attached hydrogens (tertiary/aromatic N) is 2. The van der Waals surface area contributed by atoms with Crippen molar-refractivity contribution in [1.29, 1.82) is 0 Å². The Bertz CT molecular complexity index is 799. The standard InChI is InChI=1S/C23H27FN2O/c1-25-16-19(18-7-3-2-4-8-18)15-23(17-25)11-13-26(14-12-23)22(27)20-9-5-6-10-21(20)24/h2-10,19H,11-17H2,1H3/t19-/m0/s1. The van der Waals surface area contributed by atoms with Crippen molar-refractivity contribution < 1.29 is 9.18 Å². The van der Waals surface area contributed by atoms with E-state index >= 15 is 0 Å². The fourth-order valence-corrected chi connectivity index (χ4v) is 4.96. The molecule has 2 heterocycles. The molecule has 1 spiro atoms. The molecule has 1 atom stereocenters. The molecular weight excluding hydrogens is 339 g/mol. The zero-order chi connectivity index (χ0) is 18.9. The van der Waals surface area contributed by atoms with Crippen molar-refractivity contribution in [3.8, 4) is 0 Å². The first kappa shape index (κ1) is 18.2. The van der Waals surface area contributed by atoms with Crippen LogP contribution in [0.2, 0.25) is 0 Å². The number of benzene rings is 2. The highest BCUT2D eigenvalue weighted by Gasteiger charge is 2.42. The van der Waals surface area contributed by atoms with Gasteiger partial charge in [0.1, 0.15) is 5.82 Å². The van der Waals surface area contributed by atoms with Gasteiger partial charge in [-0.05, 0) is 55.3 Å². The molecule has 0 radical (unpaired) electrons. The number of rotatable bonds is 2. The Morgan fingerprint density at radius 3 is 2.41 bits per heavy atom. The Morgan fingerprint density at radius 2 is 1.70 bits per heavy atom. The minimum absolute atomic E-state index is 0.174. The Labute approximate surface area is 160 Å². The molecule has 3 nitrogen and oxygen atoms in total. The number of piperidine rings is 2. The fourth-order valence-electron chi connectivity index (χ4n) is 4.96. The van der Waals surface area contributed by atoms with E-state index in [4.69, 9.17) is 0 Å². The SMILES string of the molecule is CN1C[C@@H](c2ccccc2)CC2(CCN(C(=O)c3ccccc3F)CC2)C1. The first-order valence-electron chi connectivity index (χ1n) is 9.84. The van der Waals surface area contributed by atoms with Crippen molar-refractivity contribution in [2.75, 3.05) is 33.2 Å². The normalized spacial score (nSPS) is 22.7. The maximum absolute atomic E-state index is 14.0. The predicted octanol–water partition coefficient (Wildman–Crippen LogP) is 4.17. The van der Waals surface area contributed by atoms with E-state index in [1.165, 1.54) is 18.1 Å². The third-order valence-electron chi connectivity index (χ3n) is 6.30. The molecule has 2 fully saturated rings. The second kappa shape index (κ2) is 7.43. The molecule has 2 aliphatic rings. The van der Waals surface area contributed by atoms with Gasteiger partial charge in [-0.3, -0.25) is 4.79 Å². The van der Waals surface area contributed by atoms with Gasteiger partial charge in [0.05, 0.1) is 5.56 Å². The van der Waals surface area contributed by atoms with Crippen LogP contribution in [0.15, 0.2) is 54.6 Å². The number of hydrogen-bond donors (Lipinski definition) is 0. The number of likely N-dealkylation sites (N-methyl/N-ethyl adjacent to an activating group) is 1. The third kappa shape index (κ3) is 3.77. The summed E-state index contributed by atoms with van der Waals surface area (Å²) in [6.45, 7) is 3.59. The van der Waals surface area contributed by atoms with Crippen molar-refractivity contribution in [1.82, 2.24) is 9.80 Å². The van der Waals surface area contributed by atoms with E-state index in [1.807, 2.05) is 4.90 Å². The second-order valence-electron chi connectivity index (χ2n) is 8.28. The molecular formula is C23H27FN2O. The highest BCUT2D eigenvalue weighted by molar-refractivity contribution is 5.94. The van der Waals surface area contributed by atoms with Crippen LogP contribution in [0.4, 0.5) is 4.39 Å². The highest BCUT2D eigenvalue weighted by Crippen LogP contribution is 2.44. The zero-order valence-corrected chi connectivity index (χ0v) is 15.9. The number of likely N-dealkylation sites (tertiary alicyclic amines) is 2.